The van der Waals surface area contributed by atoms with Crippen molar-refractivity contribution in [2.24, 2.45) is 4.99 Å². The maximum Gasteiger partial charge on any atom is 0.191 e. The third-order valence-corrected chi connectivity index (χ3v) is 4.25. The van der Waals surface area contributed by atoms with Crippen molar-refractivity contribution in [2.75, 3.05) is 27.7 Å². The van der Waals surface area contributed by atoms with Crippen molar-refractivity contribution in [1.29, 1.82) is 0 Å². The van der Waals surface area contributed by atoms with Gasteiger partial charge in [-0.05, 0) is 55.9 Å². The van der Waals surface area contributed by atoms with Crippen LogP contribution < -0.4 is 10.6 Å². The second-order valence-corrected chi connectivity index (χ2v) is 6.42. The van der Waals surface area contributed by atoms with Gasteiger partial charge in [0.25, 0.3) is 0 Å². The number of hydrogen-bond donors (Lipinski definition) is 2. The molecule has 0 saturated heterocycles. The Kier molecular flexibility index (Phi) is 9.65. The van der Waals surface area contributed by atoms with E-state index in [1.165, 1.54) is 18.2 Å². The van der Waals surface area contributed by atoms with Crippen LogP contribution in [0.2, 0.25) is 0 Å². The quantitative estimate of drug-likeness (QED) is 0.369. The lowest BCUT2D eigenvalue weighted by Gasteiger charge is -2.26. The highest BCUT2D eigenvalue weighted by molar-refractivity contribution is 14.0. The van der Waals surface area contributed by atoms with Crippen molar-refractivity contribution < 1.29 is 8.78 Å². The monoisotopic (exact) mass is 488 g/mol. The summed E-state index contributed by atoms with van der Waals surface area (Å²) >= 11 is 0. The summed E-state index contributed by atoms with van der Waals surface area (Å²) < 4.78 is 26.5. The van der Waals surface area contributed by atoms with Crippen molar-refractivity contribution >= 4 is 29.9 Å². The molecule has 1 atom stereocenters. The van der Waals surface area contributed by atoms with Gasteiger partial charge in [-0.25, -0.2) is 8.78 Å². The Balaban J connectivity index is 0.00000364. The van der Waals surface area contributed by atoms with Gasteiger partial charge in [-0.15, -0.1) is 24.0 Å². The van der Waals surface area contributed by atoms with Crippen LogP contribution in [-0.4, -0.2) is 38.5 Å². The van der Waals surface area contributed by atoms with Crippen LogP contribution in [0.4, 0.5) is 8.78 Å². The molecule has 0 saturated carbocycles. The topological polar surface area (TPSA) is 39.7 Å². The molecule has 27 heavy (non-hydrogen) atoms. The normalized spacial score (nSPS) is 12.5. The number of likely N-dealkylation sites (N-methyl/N-ethyl adjacent to an activating group) is 1. The number of benzene rings is 2. The van der Waals surface area contributed by atoms with Gasteiger partial charge in [0.05, 0.1) is 6.04 Å². The van der Waals surface area contributed by atoms with Crippen molar-refractivity contribution in [1.82, 2.24) is 15.5 Å². The van der Waals surface area contributed by atoms with Gasteiger partial charge in [-0.1, -0.05) is 24.3 Å². The van der Waals surface area contributed by atoms with Crippen LogP contribution >= 0.6 is 24.0 Å². The molecular weight excluding hydrogens is 461 g/mol. The fourth-order valence-electron chi connectivity index (χ4n) is 2.70. The Morgan fingerprint density at radius 2 is 1.74 bits per heavy atom. The fraction of sp³-hybridized carbons (Fsp3) is 0.350. The van der Waals surface area contributed by atoms with Crippen molar-refractivity contribution in [3.63, 3.8) is 0 Å². The first kappa shape index (κ1) is 23.3. The minimum atomic E-state index is -0.244. The lowest BCUT2D eigenvalue weighted by molar-refractivity contribution is 0.298. The van der Waals surface area contributed by atoms with Crippen molar-refractivity contribution in [3.8, 4) is 0 Å². The third kappa shape index (κ3) is 7.06. The van der Waals surface area contributed by atoms with Gasteiger partial charge in [0, 0.05) is 20.1 Å². The minimum absolute atomic E-state index is 0. The second-order valence-electron chi connectivity index (χ2n) is 6.42. The van der Waals surface area contributed by atoms with Crippen molar-refractivity contribution in [2.45, 2.75) is 19.5 Å². The number of nitrogens with one attached hydrogen (secondary N) is 2. The molecule has 0 aromatic heterocycles. The van der Waals surface area contributed by atoms with Crippen LogP contribution in [0, 0.1) is 18.6 Å². The molecule has 0 aliphatic heterocycles. The summed E-state index contributed by atoms with van der Waals surface area (Å²) in [4.78, 5) is 6.29. The molecule has 148 valence electrons. The first-order chi connectivity index (χ1) is 12.4. The van der Waals surface area contributed by atoms with E-state index >= 15 is 0 Å². The predicted octanol–water partition coefficient (Wildman–Crippen LogP) is 3.86. The molecule has 0 spiro atoms. The van der Waals surface area contributed by atoms with E-state index in [9.17, 15) is 8.78 Å². The molecule has 0 fully saturated rings. The van der Waals surface area contributed by atoms with Gasteiger partial charge in [0.1, 0.15) is 11.6 Å². The number of aryl methyl sites for hydroxylation is 1. The fourth-order valence-corrected chi connectivity index (χ4v) is 2.70. The summed E-state index contributed by atoms with van der Waals surface area (Å²) in [5.41, 5.74) is 2.62. The number of rotatable bonds is 6. The van der Waals surface area contributed by atoms with E-state index in [2.05, 4.69) is 20.5 Å². The zero-order chi connectivity index (χ0) is 19.1. The number of nitrogens with zero attached hydrogens (tertiary/aromatic N) is 2. The van der Waals surface area contributed by atoms with Crippen LogP contribution in [0.25, 0.3) is 0 Å². The maximum atomic E-state index is 13.4. The van der Waals surface area contributed by atoms with Gasteiger partial charge in [-0.3, -0.25) is 4.99 Å². The number of guanidine groups is 1. The smallest absolute Gasteiger partial charge is 0.191 e. The summed E-state index contributed by atoms with van der Waals surface area (Å²) in [7, 11) is 5.66. The molecule has 0 amide bonds. The molecule has 2 aromatic rings. The number of aliphatic imine (C=N–C) groups is 1. The Labute approximate surface area is 177 Å². The zero-order valence-corrected chi connectivity index (χ0v) is 18.4. The number of hydrogen-bond acceptors (Lipinski definition) is 2. The molecule has 2 N–H and O–H groups in total. The molecule has 2 rings (SSSR count). The average Bonchev–Trinajstić information content (AvgIpc) is 2.62. The average molecular weight is 488 g/mol. The highest BCUT2D eigenvalue weighted by Gasteiger charge is 2.14. The molecule has 2 aromatic carbocycles. The maximum absolute atomic E-state index is 13.4. The lowest BCUT2D eigenvalue weighted by Crippen LogP contribution is -2.41. The first-order valence-corrected chi connectivity index (χ1v) is 8.52. The van der Waals surface area contributed by atoms with E-state index in [1.54, 1.807) is 32.2 Å². The third-order valence-electron chi connectivity index (χ3n) is 4.25. The van der Waals surface area contributed by atoms with Gasteiger partial charge in [0.2, 0.25) is 0 Å². The molecule has 0 heterocycles. The summed E-state index contributed by atoms with van der Waals surface area (Å²) in [5.74, 6) is 0.205. The van der Waals surface area contributed by atoms with E-state index < -0.39 is 0 Å². The Morgan fingerprint density at radius 3 is 2.30 bits per heavy atom. The summed E-state index contributed by atoms with van der Waals surface area (Å²) in [6, 6.07) is 11.6. The molecular formula is C20H27F2IN4. The molecule has 0 radical (unpaired) electrons. The van der Waals surface area contributed by atoms with Crippen LogP contribution in [0.5, 0.6) is 0 Å². The lowest BCUT2D eigenvalue weighted by atomic mass is 10.1. The van der Waals surface area contributed by atoms with E-state index in [4.69, 9.17) is 0 Å². The largest absolute Gasteiger partial charge is 0.354 e. The molecule has 7 heteroatoms. The summed E-state index contributed by atoms with van der Waals surface area (Å²) in [6.45, 7) is 2.90. The van der Waals surface area contributed by atoms with Crippen molar-refractivity contribution in [3.05, 3.63) is 70.8 Å². The van der Waals surface area contributed by atoms with Crippen LogP contribution in [0.15, 0.2) is 47.5 Å². The SMILES string of the molecule is CN=C(NCc1ccc(F)c(C)c1)NCC(c1ccc(F)cc1)N(C)C.I. The number of halogens is 3. The highest BCUT2D eigenvalue weighted by atomic mass is 127. The minimum Gasteiger partial charge on any atom is -0.354 e. The first-order valence-electron chi connectivity index (χ1n) is 8.52. The molecule has 0 aliphatic rings. The van der Waals surface area contributed by atoms with E-state index in [-0.39, 0.29) is 41.7 Å². The van der Waals surface area contributed by atoms with Gasteiger partial charge in [-0.2, -0.15) is 0 Å². The standard InChI is InChI=1S/C20H26F2N4.HI/c1-14-11-15(5-10-18(14)22)12-24-20(23-2)25-13-19(26(3)4)16-6-8-17(21)9-7-16;/h5-11,19H,12-13H2,1-4H3,(H2,23,24,25);1H. The molecule has 1 unspecified atom stereocenters. The molecule has 0 aliphatic carbocycles. The molecule has 0 bridgehead atoms. The molecule has 4 nitrogen and oxygen atoms in total. The second kappa shape index (κ2) is 11.2. The van der Waals surface area contributed by atoms with E-state index in [1.807, 2.05) is 20.2 Å². The predicted molar refractivity (Wildman–Crippen MR) is 118 cm³/mol. The van der Waals surface area contributed by atoms with Gasteiger partial charge in [0.15, 0.2) is 5.96 Å². The van der Waals surface area contributed by atoms with E-state index in [0.29, 0.717) is 24.6 Å². The summed E-state index contributed by atoms with van der Waals surface area (Å²) in [5, 5.41) is 6.51. The van der Waals surface area contributed by atoms with Gasteiger partial charge < -0.3 is 15.5 Å². The Morgan fingerprint density at radius 1 is 1.07 bits per heavy atom. The Hall–Kier alpha value is -1.74. The van der Waals surface area contributed by atoms with Crippen LogP contribution in [-0.2, 0) is 6.54 Å². The zero-order valence-electron chi connectivity index (χ0n) is 16.1. The Bertz CT molecular complexity index is 748. The highest BCUT2D eigenvalue weighted by Crippen LogP contribution is 2.17. The van der Waals surface area contributed by atoms with Gasteiger partial charge >= 0.3 is 0 Å². The van der Waals surface area contributed by atoms with E-state index in [0.717, 1.165) is 11.1 Å². The van der Waals surface area contributed by atoms with Crippen LogP contribution in [0.3, 0.4) is 0 Å². The van der Waals surface area contributed by atoms with Crippen LogP contribution in [0.1, 0.15) is 22.7 Å². The summed E-state index contributed by atoms with van der Waals surface area (Å²) in [6.07, 6.45) is 0.